The third-order valence-corrected chi connectivity index (χ3v) is 4.95. The van der Waals surface area contributed by atoms with Crippen LogP contribution >= 0.6 is 43.2 Å². The SMILES string of the molecule is CCCc1nc(-c2sccc2Br)nc(N)c1Br. The van der Waals surface area contributed by atoms with Crippen molar-refractivity contribution in [3.8, 4) is 10.7 Å². The highest BCUT2D eigenvalue weighted by Crippen LogP contribution is 2.33. The van der Waals surface area contributed by atoms with Crippen LogP contribution in [0, 0.1) is 0 Å². The third-order valence-electron chi connectivity index (χ3n) is 2.25. The molecule has 17 heavy (non-hydrogen) atoms. The van der Waals surface area contributed by atoms with Crippen LogP contribution in [0.2, 0.25) is 0 Å². The molecule has 0 radical (unpaired) electrons. The summed E-state index contributed by atoms with van der Waals surface area (Å²) in [6.07, 6.45) is 1.92. The zero-order valence-electron chi connectivity index (χ0n) is 9.20. The van der Waals surface area contributed by atoms with E-state index in [1.807, 2.05) is 11.4 Å². The highest BCUT2D eigenvalue weighted by molar-refractivity contribution is 9.11. The molecule has 0 spiro atoms. The average Bonchev–Trinajstić information content (AvgIpc) is 2.71. The lowest BCUT2D eigenvalue weighted by atomic mass is 10.2. The molecule has 0 saturated heterocycles. The number of aryl methyl sites for hydroxylation is 1. The maximum Gasteiger partial charge on any atom is 0.173 e. The van der Waals surface area contributed by atoms with Crippen molar-refractivity contribution in [3.05, 3.63) is 26.1 Å². The van der Waals surface area contributed by atoms with Crippen molar-refractivity contribution in [2.75, 3.05) is 5.73 Å². The summed E-state index contributed by atoms with van der Waals surface area (Å²) in [5, 5.41) is 2.00. The second-order valence-electron chi connectivity index (χ2n) is 3.54. The predicted molar refractivity (Wildman–Crippen MR) is 79.2 cm³/mol. The van der Waals surface area contributed by atoms with Crippen molar-refractivity contribution in [1.82, 2.24) is 9.97 Å². The second kappa shape index (κ2) is 5.46. The van der Waals surface area contributed by atoms with Crippen LogP contribution in [0.5, 0.6) is 0 Å². The van der Waals surface area contributed by atoms with E-state index in [0.29, 0.717) is 11.6 Å². The van der Waals surface area contributed by atoms with Gasteiger partial charge in [0.1, 0.15) is 5.82 Å². The van der Waals surface area contributed by atoms with Crippen LogP contribution in [-0.4, -0.2) is 9.97 Å². The van der Waals surface area contributed by atoms with Crippen LogP contribution in [-0.2, 0) is 6.42 Å². The Labute approximate surface area is 121 Å². The second-order valence-corrected chi connectivity index (χ2v) is 6.10. The van der Waals surface area contributed by atoms with Crippen LogP contribution in [0.3, 0.4) is 0 Å². The van der Waals surface area contributed by atoms with E-state index in [0.717, 1.165) is 32.4 Å². The Morgan fingerprint density at radius 1 is 1.35 bits per heavy atom. The molecule has 0 atom stereocenters. The summed E-state index contributed by atoms with van der Waals surface area (Å²) in [6.45, 7) is 2.12. The molecule has 90 valence electrons. The molecule has 0 aromatic carbocycles. The van der Waals surface area contributed by atoms with E-state index in [4.69, 9.17) is 5.73 Å². The smallest absolute Gasteiger partial charge is 0.173 e. The molecule has 0 aliphatic rings. The van der Waals surface area contributed by atoms with E-state index in [9.17, 15) is 0 Å². The highest BCUT2D eigenvalue weighted by Gasteiger charge is 2.13. The lowest BCUT2D eigenvalue weighted by Crippen LogP contribution is -2.02. The van der Waals surface area contributed by atoms with Gasteiger partial charge in [-0.2, -0.15) is 0 Å². The van der Waals surface area contributed by atoms with Gasteiger partial charge in [0.15, 0.2) is 5.82 Å². The van der Waals surface area contributed by atoms with E-state index in [1.54, 1.807) is 11.3 Å². The van der Waals surface area contributed by atoms with Crippen LogP contribution < -0.4 is 5.73 Å². The number of halogens is 2. The molecule has 0 amide bonds. The van der Waals surface area contributed by atoms with Gasteiger partial charge in [-0.05, 0) is 49.7 Å². The average molecular weight is 377 g/mol. The van der Waals surface area contributed by atoms with Gasteiger partial charge in [-0.1, -0.05) is 13.3 Å². The first-order chi connectivity index (χ1) is 8.13. The van der Waals surface area contributed by atoms with Gasteiger partial charge in [0.2, 0.25) is 0 Å². The van der Waals surface area contributed by atoms with Crippen LogP contribution in [0.4, 0.5) is 5.82 Å². The Morgan fingerprint density at radius 2 is 2.12 bits per heavy atom. The molecule has 0 aliphatic heterocycles. The van der Waals surface area contributed by atoms with E-state index < -0.39 is 0 Å². The first kappa shape index (κ1) is 13.0. The van der Waals surface area contributed by atoms with Crippen LogP contribution in [0.25, 0.3) is 10.7 Å². The van der Waals surface area contributed by atoms with Gasteiger partial charge >= 0.3 is 0 Å². The first-order valence-corrected chi connectivity index (χ1v) is 7.65. The molecule has 0 bridgehead atoms. The number of nitrogens with two attached hydrogens (primary N) is 1. The number of anilines is 1. The van der Waals surface area contributed by atoms with E-state index in [2.05, 4.69) is 48.8 Å². The molecule has 2 N–H and O–H groups in total. The molecule has 2 aromatic heterocycles. The van der Waals surface area contributed by atoms with E-state index >= 15 is 0 Å². The fourth-order valence-corrected chi connectivity index (χ4v) is 3.33. The topological polar surface area (TPSA) is 51.8 Å². The fraction of sp³-hybridized carbons (Fsp3) is 0.273. The van der Waals surface area contributed by atoms with Crippen molar-refractivity contribution in [2.24, 2.45) is 0 Å². The Kier molecular flexibility index (Phi) is 4.17. The van der Waals surface area contributed by atoms with Gasteiger partial charge in [-0.15, -0.1) is 11.3 Å². The summed E-state index contributed by atoms with van der Waals surface area (Å²) >= 11 is 8.53. The molecule has 0 aliphatic carbocycles. The Balaban J connectivity index is 2.53. The summed E-state index contributed by atoms with van der Waals surface area (Å²) < 4.78 is 1.82. The van der Waals surface area contributed by atoms with Crippen molar-refractivity contribution >= 4 is 49.0 Å². The number of aromatic nitrogens is 2. The van der Waals surface area contributed by atoms with Gasteiger partial charge in [0.25, 0.3) is 0 Å². The number of nitrogen functional groups attached to an aromatic ring is 1. The maximum absolute atomic E-state index is 5.90. The summed E-state index contributed by atoms with van der Waals surface area (Å²) in [5.41, 5.74) is 6.87. The molecule has 3 nitrogen and oxygen atoms in total. The number of hydrogen-bond acceptors (Lipinski definition) is 4. The molecule has 0 unspecified atom stereocenters. The lowest BCUT2D eigenvalue weighted by Gasteiger charge is -2.07. The van der Waals surface area contributed by atoms with Crippen molar-refractivity contribution < 1.29 is 0 Å². The zero-order chi connectivity index (χ0) is 12.4. The number of hydrogen-bond donors (Lipinski definition) is 1. The maximum atomic E-state index is 5.90. The quantitative estimate of drug-likeness (QED) is 0.870. The summed E-state index contributed by atoms with van der Waals surface area (Å²) in [7, 11) is 0. The van der Waals surface area contributed by atoms with Crippen molar-refractivity contribution in [3.63, 3.8) is 0 Å². The van der Waals surface area contributed by atoms with Crippen molar-refractivity contribution in [1.29, 1.82) is 0 Å². The Morgan fingerprint density at radius 3 is 2.71 bits per heavy atom. The number of nitrogens with zero attached hydrogens (tertiary/aromatic N) is 2. The molecule has 6 heteroatoms. The minimum atomic E-state index is 0.499. The number of thiophene rings is 1. The Hall–Kier alpha value is -0.460. The van der Waals surface area contributed by atoms with Crippen LogP contribution in [0.15, 0.2) is 20.4 Å². The minimum absolute atomic E-state index is 0.499. The normalized spacial score (nSPS) is 10.8. The van der Waals surface area contributed by atoms with E-state index in [1.165, 1.54) is 0 Å². The van der Waals surface area contributed by atoms with Crippen molar-refractivity contribution in [2.45, 2.75) is 19.8 Å². The third kappa shape index (κ3) is 2.69. The fourth-order valence-electron chi connectivity index (χ4n) is 1.47. The van der Waals surface area contributed by atoms with Gasteiger partial charge in [0, 0.05) is 4.47 Å². The molecule has 2 aromatic rings. The summed E-state index contributed by atoms with van der Waals surface area (Å²) in [4.78, 5) is 9.90. The first-order valence-electron chi connectivity index (χ1n) is 5.18. The van der Waals surface area contributed by atoms with Gasteiger partial charge < -0.3 is 5.73 Å². The monoisotopic (exact) mass is 375 g/mol. The van der Waals surface area contributed by atoms with Crippen LogP contribution in [0.1, 0.15) is 19.0 Å². The molecule has 2 rings (SSSR count). The standard InChI is InChI=1S/C11H11Br2N3S/c1-2-3-7-8(13)10(14)16-11(15-7)9-6(12)4-5-17-9/h4-5H,2-3H2,1H3,(H2,14,15,16). The predicted octanol–water partition coefficient (Wildman–Crippen LogP) is 4.26. The highest BCUT2D eigenvalue weighted by atomic mass is 79.9. The molecule has 0 fully saturated rings. The zero-order valence-corrected chi connectivity index (χ0v) is 13.2. The minimum Gasteiger partial charge on any atom is -0.383 e. The summed E-state index contributed by atoms with van der Waals surface area (Å²) in [5.74, 6) is 1.19. The Bertz CT molecular complexity index is 540. The number of rotatable bonds is 3. The molecule has 0 saturated carbocycles. The van der Waals surface area contributed by atoms with Gasteiger partial charge in [0.05, 0.1) is 15.0 Å². The van der Waals surface area contributed by atoms with Gasteiger partial charge in [-0.3, -0.25) is 0 Å². The largest absolute Gasteiger partial charge is 0.383 e. The van der Waals surface area contributed by atoms with E-state index in [-0.39, 0.29) is 0 Å². The molecule has 2 heterocycles. The molecular formula is C11H11Br2N3S. The summed E-state index contributed by atoms with van der Waals surface area (Å²) in [6, 6.07) is 1.99. The lowest BCUT2D eigenvalue weighted by molar-refractivity contribution is 0.870. The van der Waals surface area contributed by atoms with Gasteiger partial charge in [-0.25, -0.2) is 9.97 Å². The molecular weight excluding hydrogens is 366 g/mol.